The van der Waals surface area contributed by atoms with Crippen molar-refractivity contribution in [2.24, 2.45) is 0 Å². The molecule has 13 nitrogen and oxygen atoms in total. The van der Waals surface area contributed by atoms with Gasteiger partial charge in [-0.15, -0.1) is 10.2 Å². The van der Waals surface area contributed by atoms with Crippen LogP contribution in [0.4, 0.5) is 13.2 Å². The van der Waals surface area contributed by atoms with Gasteiger partial charge >= 0.3 is 17.8 Å². The summed E-state index contributed by atoms with van der Waals surface area (Å²) in [4.78, 5) is 37.6. The molecule has 0 saturated carbocycles. The molecule has 17 heteroatoms. The fourth-order valence-corrected chi connectivity index (χ4v) is 3.46. The summed E-state index contributed by atoms with van der Waals surface area (Å²) in [6, 6.07) is 5.83. The smallest absolute Gasteiger partial charge is 0.416 e. The van der Waals surface area contributed by atoms with Gasteiger partial charge in [-0.1, -0.05) is 11.6 Å². The lowest BCUT2D eigenvalue weighted by Gasteiger charge is -2.15. The van der Waals surface area contributed by atoms with Gasteiger partial charge in [-0.25, -0.2) is 29.2 Å². The van der Waals surface area contributed by atoms with Crippen molar-refractivity contribution in [1.29, 1.82) is 0 Å². The topological polar surface area (TPSA) is 152 Å². The molecule has 0 aliphatic carbocycles. The Morgan fingerprint density at radius 2 is 1.82 bits per heavy atom. The number of ether oxygens (including phenoxy) is 2. The van der Waals surface area contributed by atoms with E-state index in [1.807, 2.05) is 0 Å². The first-order valence-corrected chi connectivity index (χ1v) is 11.0. The van der Waals surface area contributed by atoms with Crippen molar-refractivity contribution in [3.8, 4) is 23.1 Å². The van der Waals surface area contributed by atoms with Gasteiger partial charge in [0, 0.05) is 23.0 Å². The van der Waals surface area contributed by atoms with Crippen LogP contribution in [0.2, 0.25) is 5.02 Å². The molecule has 38 heavy (non-hydrogen) atoms. The summed E-state index contributed by atoms with van der Waals surface area (Å²) in [5.74, 6) is -1.55. The summed E-state index contributed by atoms with van der Waals surface area (Å²) in [7, 11) is 2.44. The van der Waals surface area contributed by atoms with Crippen molar-refractivity contribution in [1.82, 2.24) is 39.1 Å². The zero-order valence-electron chi connectivity index (χ0n) is 19.6. The lowest BCUT2D eigenvalue weighted by molar-refractivity contribution is -0.207. The van der Waals surface area contributed by atoms with Crippen molar-refractivity contribution >= 4 is 17.6 Å². The van der Waals surface area contributed by atoms with Crippen LogP contribution < -0.4 is 10.4 Å². The van der Waals surface area contributed by atoms with E-state index >= 15 is 0 Å². The van der Waals surface area contributed by atoms with Crippen LogP contribution in [0.15, 0.2) is 41.5 Å². The molecule has 0 unspecified atom stereocenters. The number of aromatic nitrogens is 8. The van der Waals surface area contributed by atoms with E-state index in [-0.39, 0.29) is 34.7 Å². The molecule has 1 N–H and O–H groups in total. The third-order valence-electron chi connectivity index (χ3n) is 5.11. The second-order valence-corrected chi connectivity index (χ2v) is 8.02. The van der Waals surface area contributed by atoms with Crippen LogP contribution >= 0.6 is 11.6 Å². The SMILES string of the molecule is COC(=O)c1nc(Cn2nc(-c3ccc(Cl)cc3)n(C[C@H](O)C(F)(F)F)c2=O)nn1-c1nccnc1OC. The van der Waals surface area contributed by atoms with Gasteiger partial charge in [0.25, 0.3) is 5.88 Å². The number of nitrogens with zero attached hydrogens (tertiary/aromatic N) is 8. The highest BCUT2D eigenvalue weighted by atomic mass is 35.5. The third-order valence-corrected chi connectivity index (χ3v) is 5.36. The van der Waals surface area contributed by atoms with E-state index in [1.54, 1.807) is 0 Å². The van der Waals surface area contributed by atoms with E-state index in [0.29, 0.717) is 9.59 Å². The number of rotatable bonds is 8. The number of esters is 1. The van der Waals surface area contributed by atoms with Gasteiger partial charge in [-0.3, -0.25) is 4.57 Å². The van der Waals surface area contributed by atoms with Crippen LogP contribution in [0.3, 0.4) is 0 Å². The van der Waals surface area contributed by atoms with Gasteiger partial charge in [0.1, 0.15) is 6.54 Å². The number of alkyl halides is 3. The first kappa shape index (κ1) is 26.7. The molecule has 0 aliphatic rings. The van der Waals surface area contributed by atoms with Crippen LogP contribution in [0.5, 0.6) is 5.88 Å². The van der Waals surface area contributed by atoms with Crippen LogP contribution in [-0.2, 0) is 17.8 Å². The zero-order chi connectivity index (χ0) is 27.6. The summed E-state index contributed by atoms with van der Waals surface area (Å²) >= 11 is 5.90. The number of aliphatic hydroxyl groups excluding tert-OH is 1. The Labute approximate surface area is 216 Å². The molecule has 0 bridgehead atoms. The molecule has 1 aromatic carbocycles. The van der Waals surface area contributed by atoms with Crippen molar-refractivity contribution in [3.05, 3.63) is 63.8 Å². The minimum atomic E-state index is -4.98. The van der Waals surface area contributed by atoms with Crippen LogP contribution in [0, 0.1) is 0 Å². The largest absolute Gasteiger partial charge is 0.478 e. The van der Waals surface area contributed by atoms with Crippen LogP contribution in [0.25, 0.3) is 17.2 Å². The first-order chi connectivity index (χ1) is 18.0. The van der Waals surface area contributed by atoms with Crippen molar-refractivity contribution < 1.29 is 32.5 Å². The summed E-state index contributed by atoms with van der Waals surface area (Å²) in [6.45, 7) is -1.58. The van der Waals surface area contributed by atoms with Crippen molar-refractivity contribution in [2.75, 3.05) is 14.2 Å². The molecule has 3 heterocycles. The molecule has 4 rings (SSSR count). The Balaban J connectivity index is 1.80. The lowest BCUT2D eigenvalue weighted by atomic mass is 10.2. The Morgan fingerprint density at radius 1 is 1.13 bits per heavy atom. The summed E-state index contributed by atoms with van der Waals surface area (Å²) in [5.41, 5.74) is -0.732. The van der Waals surface area contributed by atoms with E-state index in [1.165, 1.54) is 43.8 Å². The monoisotopic (exact) mass is 554 g/mol. The van der Waals surface area contributed by atoms with Gasteiger partial charge in [0.15, 0.2) is 17.8 Å². The predicted octanol–water partition coefficient (Wildman–Crippen LogP) is 1.50. The van der Waals surface area contributed by atoms with E-state index in [0.717, 1.165) is 16.5 Å². The predicted molar refractivity (Wildman–Crippen MR) is 123 cm³/mol. The summed E-state index contributed by atoms with van der Waals surface area (Å²) in [6.07, 6.45) is -5.16. The Kier molecular flexibility index (Phi) is 7.45. The number of carbonyl (C=O) groups excluding carboxylic acids is 1. The molecular formula is C21H18ClF3N8O5. The molecule has 0 amide bonds. The highest BCUT2D eigenvalue weighted by molar-refractivity contribution is 6.30. The first-order valence-electron chi connectivity index (χ1n) is 10.6. The van der Waals surface area contributed by atoms with Crippen LogP contribution in [0.1, 0.15) is 16.4 Å². The fourth-order valence-electron chi connectivity index (χ4n) is 3.33. The molecule has 4 aromatic rings. The molecule has 0 radical (unpaired) electrons. The van der Waals surface area contributed by atoms with E-state index < -0.39 is 37.0 Å². The molecule has 0 fully saturated rings. The zero-order valence-corrected chi connectivity index (χ0v) is 20.4. The van der Waals surface area contributed by atoms with Gasteiger partial charge in [0.05, 0.1) is 20.8 Å². The Hall–Kier alpha value is -4.31. The standard InChI is InChI=1S/C21H18ClF3N8O5/c1-37-18-16(26-7-8-27-18)33-17(19(35)38-2)28-14(29-33)10-32-20(36)31(9-13(34)21(23,24)25)15(30-32)11-3-5-12(22)6-4-11/h3-8,13,34H,9-10H2,1-2H3/t13-/m0/s1. The molecule has 3 aromatic heterocycles. The second-order valence-electron chi connectivity index (χ2n) is 7.58. The van der Waals surface area contributed by atoms with Gasteiger partial charge in [-0.2, -0.15) is 17.9 Å². The average molecular weight is 555 g/mol. The molecule has 1 atom stereocenters. The minimum absolute atomic E-state index is 0.00158. The molecule has 0 aliphatic heterocycles. The maximum Gasteiger partial charge on any atom is 0.416 e. The van der Waals surface area contributed by atoms with E-state index in [2.05, 4.69) is 25.1 Å². The number of aliphatic hydroxyl groups is 1. The third kappa shape index (κ3) is 5.35. The number of hydrogen-bond donors (Lipinski definition) is 1. The summed E-state index contributed by atoms with van der Waals surface area (Å²) < 4.78 is 51.6. The van der Waals surface area contributed by atoms with Gasteiger partial charge < -0.3 is 14.6 Å². The number of halogens is 4. The maximum absolute atomic E-state index is 13.1. The average Bonchev–Trinajstić information content (AvgIpc) is 3.45. The number of benzene rings is 1. The van der Waals surface area contributed by atoms with E-state index in [9.17, 15) is 27.9 Å². The minimum Gasteiger partial charge on any atom is -0.478 e. The second kappa shape index (κ2) is 10.6. The van der Waals surface area contributed by atoms with Gasteiger partial charge in [-0.05, 0) is 24.3 Å². The maximum atomic E-state index is 13.1. The highest BCUT2D eigenvalue weighted by Crippen LogP contribution is 2.24. The normalized spacial score (nSPS) is 12.4. The number of hydrogen-bond acceptors (Lipinski definition) is 10. The van der Waals surface area contributed by atoms with Crippen LogP contribution in [-0.4, -0.2) is 76.7 Å². The number of carbonyl (C=O) groups is 1. The number of methoxy groups -OCH3 is 2. The quantitative estimate of drug-likeness (QED) is 0.317. The Bertz CT molecular complexity index is 1520. The lowest BCUT2D eigenvalue weighted by Crippen LogP contribution is -2.37. The van der Waals surface area contributed by atoms with Crippen molar-refractivity contribution in [2.45, 2.75) is 25.4 Å². The molecule has 0 saturated heterocycles. The van der Waals surface area contributed by atoms with E-state index in [4.69, 9.17) is 21.1 Å². The summed E-state index contributed by atoms with van der Waals surface area (Å²) in [5, 5.41) is 18.3. The van der Waals surface area contributed by atoms with Crippen molar-refractivity contribution in [3.63, 3.8) is 0 Å². The fraction of sp³-hybridized carbons (Fsp3) is 0.286. The van der Waals surface area contributed by atoms with Gasteiger partial charge in [0.2, 0.25) is 11.6 Å². The molecule has 0 spiro atoms. The Morgan fingerprint density at radius 3 is 2.45 bits per heavy atom. The molecule has 200 valence electrons. The molecular weight excluding hydrogens is 537 g/mol. The highest BCUT2D eigenvalue weighted by Gasteiger charge is 2.39.